The van der Waals surface area contributed by atoms with Crippen LogP contribution in [-0.2, 0) is 9.53 Å². The van der Waals surface area contributed by atoms with E-state index in [9.17, 15) is 4.79 Å². The number of hydrogen-bond donors (Lipinski definition) is 1. The van der Waals surface area contributed by atoms with Gasteiger partial charge in [0.1, 0.15) is 6.61 Å². The highest BCUT2D eigenvalue weighted by Gasteiger charge is 1.90. The first-order valence-electron chi connectivity index (χ1n) is 3.92. The molecule has 1 N–H and O–H groups in total. The van der Waals surface area contributed by atoms with Gasteiger partial charge in [0.2, 0.25) is 0 Å². The molecule has 0 aliphatic carbocycles. The van der Waals surface area contributed by atoms with E-state index in [0.717, 1.165) is 0 Å². The summed E-state index contributed by atoms with van der Waals surface area (Å²) < 4.78 is 4.50. The van der Waals surface area contributed by atoms with Crippen molar-refractivity contribution in [2.24, 2.45) is 0 Å². The monoisotopic (exact) mass is 183 g/mol. The summed E-state index contributed by atoms with van der Waals surface area (Å²) in [5, 5.41) is 7.92. The molecule has 0 aliphatic rings. The Labute approximate surface area is 77.2 Å². The maximum absolute atomic E-state index is 9.63. The fourth-order valence-corrected chi connectivity index (χ4v) is 0.502. The molecule has 0 saturated carbocycles. The average Bonchev–Trinajstić information content (AvgIpc) is 2.18. The van der Waals surface area contributed by atoms with Crippen molar-refractivity contribution in [2.75, 3.05) is 13.2 Å². The van der Waals surface area contributed by atoms with E-state index in [1.165, 1.54) is 0 Å². The summed E-state index contributed by atoms with van der Waals surface area (Å²) in [6.45, 7) is 2.03. The topological polar surface area (TPSA) is 59.4 Å². The molecule has 0 atom stereocenters. The maximum atomic E-state index is 9.63. The number of pyridine rings is 1. The van der Waals surface area contributed by atoms with Gasteiger partial charge in [0.15, 0.2) is 0 Å². The fourth-order valence-electron chi connectivity index (χ4n) is 0.502. The second-order valence-corrected chi connectivity index (χ2v) is 2.06. The Bertz CT molecular complexity index is 187. The lowest BCUT2D eigenvalue weighted by atomic mass is 10.5. The molecule has 0 spiro atoms. The van der Waals surface area contributed by atoms with Crippen molar-refractivity contribution in [3.8, 4) is 0 Å². The van der Waals surface area contributed by atoms with Gasteiger partial charge in [-0.1, -0.05) is 6.07 Å². The van der Waals surface area contributed by atoms with Crippen molar-refractivity contribution in [2.45, 2.75) is 6.92 Å². The van der Waals surface area contributed by atoms with Gasteiger partial charge in [0.25, 0.3) is 0 Å². The molecule has 0 fully saturated rings. The molecule has 0 radical (unpaired) electrons. The minimum absolute atomic E-state index is 0.184. The lowest BCUT2D eigenvalue weighted by Gasteiger charge is -1.90. The molecule has 0 aliphatic heterocycles. The highest BCUT2D eigenvalue weighted by Crippen LogP contribution is 1.73. The zero-order valence-electron chi connectivity index (χ0n) is 7.51. The lowest BCUT2D eigenvalue weighted by Crippen LogP contribution is -2.05. The van der Waals surface area contributed by atoms with Crippen LogP contribution in [0.2, 0.25) is 0 Å². The Kier molecular flexibility index (Phi) is 7.73. The Morgan fingerprint density at radius 1 is 1.38 bits per heavy atom. The standard InChI is InChI=1S/C5H5N.C4H8O3/c1-2-4-6-5-3-1;1-2-7-3-4(5)6/h1-5H;2-3H2,1H3,(H,5,6). The summed E-state index contributed by atoms with van der Waals surface area (Å²) in [5.41, 5.74) is 0. The van der Waals surface area contributed by atoms with Crippen LogP contribution in [-0.4, -0.2) is 29.3 Å². The van der Waals surface area contributed by atoms with Gasteiger partial charge >= 0.3 is 5.97 Å². The van der Waals surface area contributed by atoms with Crippen LogP contribution >= 0.6 is 0 Å². The second kappa shape index (κ2) is 8.67. The highest BCUT2D eigenvalue weighted by molar-refractivity contribution is 5.67. The number of ether oxygens (including phenoxy) is 1. The van der Waals surface area contributed by atoms with Gasteiger partial charge in [-0.2, -0.15) is 0 Å². The van der Waals surface area contributed by atoms with Crippen molar-refractivity contribution >= 4 is 5.97 Å². The Morgan fingerprint density at radius 3 is 2.15 bits per heavy atom. The number of rotatable bonds is 3. The number of hydrogen-bond acceptors (Lipinski definition) is 3. The Balaban J connectivity index is 0.000000223. The number of carbonyl (C=O) groups is 1. The smallest absolute Gasteiger partial charge is 0.329 e. The SMILES string of the molecule is CCOCC(=O)O.c1ccncc1. The molecule has 13 heavy (non-hydrogen) atoms. The molecule has 1 rings (SSSR count). The molecule has 1 aromatic rings. The fraction of sp³-hybridized carbons (Fsp3) is 0.333. The molecule has 4 heteroatoms. The van der Waals surface area contributed by atoms with E-state index in [-0.39, 0.29) is 6.61 Å². The highest BCUT2D eigenvalue weighted by atomic mass is 16.5. The normalized spacial score (nSPS) is 8.38. The largest absolute Gasteiger partial charge is 0.480 e. The van der Waals surface area contributed by atoms with Crippen LogP contribution in [0.3, 0.4) is 0 Å². The molecule has 0 unspecified atom stereocenters. The number of nitrogens with zero attached hydrogens (tertiary/aromatic N) is 1. The summed E-state index contributed by atoms with van der Waals surface area (Å²) in [4.78, 5) is 13.4. The van der Waals surface area contributed by atoms with Gasteiger partial charge in [0, 0.05) is 19.0 Å². The van der Waals surface area contributed by atoms with Crippen LogP contribution in [0.5, 0.6) is 0 Å². The zero-order valence-corrected chi connectivity index (χ0v) is 7.51. The maximum Gasteiger partial charge on any atom is 0.329 e. The summed E-state index contributed by atoms with van der Waals surface area (Å²) in [5.74, 6) is -0.915. The minimum atomic E-state index is -0.915. The summed E-state index contributed by atoms with van der Waals surface area (Å²) >= 11 is 0. The van der Waals surface area contributed by atoms with E-state index in [4.69, 9.17) is 5.11 Å². The summed E-state index contributed by atoms with van der Waals surface area (Å²) in [7, 11) is 0. The first kappa shape index (κ1) is 11.6. The van der Waals surface area contributed by atoms with Crippen LogP contribution in [0.4, 0.5) is 0 Å². The van der Waals surface area contributed by atoms with E-state index < -0.39 is 5.97 Å². The van der Waals surface area contributed by atoms with E-state index in [0.29, 0.717) is 6.61 Å². The first-order chi connectivity index (χ1) is 6.27. The van der Waals surface area contributed by atoms with Crippen molar-refractivity contribution in [3.63, 3.8) is 0 Å². The Hall–Kier alpha value is -1.42. The molecule has 0 bridgehead atoms. The zero-order chi connectivity index (χ0) is 9.94. The van der Waals surface area contributed by atoms with Crippen LogP contribution in [0, 0.1) is 0 Å². The molecule has 0 saturated heterocycles. The van der Waals surface area contributed by atoms with Crippen molar-refractivity contribution in [1.82, 2.24) is 4.98 Å². The molecule has 0 aromatic carbocycles. The molecule has 72 valence electrons. The van der Waals surface area contributed by atoms with Crippen LogP contribution in [0.15, 0.2) is 30.6 Å². The molecule has 4 nitrogen and oxygen atoms in total. The summed E-state index contributed by atoms with van der Waals surface area (Å²) in [6.07, 6.45) is 3.50. The van der Waals surface area contributed by atoms with Crippen LogP contribution in [0.1, 0.15) is 6.92 Å². The van der Waals surface area contributed by atoms with Gasteiger partial charge in [-0.15, -0.1) is 0 Å². The van der Waals surface area contributed by atoms with Crippen LogP contribution < -0.4 is 0 Å². The number of aliphatic carboxylic acids is 1. The van der Waals surface area contributed by atoms with Crippen molar-refractivity contribution < 1.29 is 14.6 Å². The van der Waals surface area contributed by atoms with Crippen molar-refractivity contribution in [3.05, 3.63) is 30.6 Å². The number of carboxylic acid groups (broad SMARTS) is 1. The predicted molar refractivity (Wildman–Crippen MR) is 48.4 cm³/mol. The molecule has 1 heterocycles. The Morgan fingerprint density at radius 2 is 2.00 bits per heavy atom. The molecular weight excluding hydrogens is 170 g/mol. The van der Waals surface area contributed by atoms with E-state index >= 15 is 0 Å². The quantitative estimate of drug-likeness (QED) is 0.764. The van der Waals surface area contributed by atoms with Gasteiger partial charge in [-0.25, -0.2) is 4.79 Å². The van der Waals surface area contributed by atoms with Crippen molar-refractivity contribution in [1.29, 1.82) is 0 Å². The average molecular weight is 183 g/mol. The molecule has 1 aromatic heterocycles. The third kappa shape index (κ3) is 10.6. The molecule has 0 amide bonds. The third-order valence-electron chi connectivity index (χ3n) is 0.996. The minimum Gasteiger partial charge on any atom is -0.480 e. The van der Waals surface area contributed by atoms with Gasteiger partial charge < -0.3 is 9.84 Å². The van der Waals surface area contributed by atoms with Gasteiger partial charge in [-0.05, 0) is 19.1 Å². The van der Waals surface area contributed by atoms with E-state index in [2.05, 4.69) is 9.72 Å². The second-order valence-electron chi connectivity index (χ2n) is 2.06. The third-order valence-corrected chi connectivity index (χ3v) is 0.996. The van der Waals surface area contributed by atoms with Crippen LogP contribution in [0.25, 0.3) is 0 Å². The number of aromatic nitrogens is 1. The van der Waals surface area contributed by atoms with E-state index in [1.54, 1.807) is 19.3 Å². The van der Waals surface area contributed by atoms with E-state index in [1.807, 2.05) is 18.2 Å². The number of carboxylic acids is 1. The van der Waals surface area contributed by atoms with Gasteiger partial charge in [-0.3, -0.25) is 4.98 Å². The predicted octanol–water partition coefficient (Wildman–Crippen LogP) is 1.19. The first-order valence-corrected chi connectivity index (χ1v) is 3.92. The molecular formula is C9H13NO3. The lowest BCUT2D eigenvalue weighted by molar-refractivity contribution is -0.142. The summed E-state index contributed by atoms with van der Waals surface area (Å²) in [6, 6.07) is 5.72. The van der Waals surface area contributed by atoms with Gasteiger partial charge in [0.05, 0.1) is 0 Å².